The third-order valence-corrected chi connectivity index (χ3v) is 7.49. The topological polar surface area (TPSA) is 60.7 Å². The maximum atomic E-state index is 13.4. The molecule has 0 atom stereocenters. The van der Waals surface area contributed by atoms with Gasteiger partial charge in [0, 0.05) is 33.4 Å². The van der Waals surface area contributed by atoms with Crippen molar-refractivity contribution in [1.29, 1.82) is 0 Å². The van der Waals surface area contributed by atoms with Gasteiger partial charge >= 0.3 is 7.32 Å². The summed E-state index contributed by atoms with van der Waals surface area (Å²) in [6, 6.07) is 0.0175. The first kappa shape index (κ1) is 51.9. The van der Waals surface area contributed by atoms with E-state index in [4.69, 9.17) is 15.1 Å². The van der Waals surface area contributed by atoms with Crippen molar-refractivity contribution >= 4 is 7.32 Å². The molecule has 0 heterocycles. The molecule has 0 aromatic heterocycles. The summed E-state index contributed by atoms with van der Waals surface area (Å²) < 4.78 is 312. The number of hydrogen-bond acceptors (Lipinski definition) is 3. The first-order valence-electron chi connectivity index (χ1n) is 15.5. The molecule has 0 amide bonds. The van der Waals surface area contributed by atoms with E-state index >= 15 is 0 Å². The van der Waals surface area contributed by atoms with Crippen molar-refractivity contribution < 1.29 is 120 Å². The number of rotatable bonds is 3. The van der Waals surface area contributed by atoms with Gasteiger partial charge in [-0.3, -0.25) is 0 Å². The highest BCUT2D eigenvalue weighted by Gasteiger charge is 2.29. The average molecular weight is 956 g/mol. The minimum atomic E-state index is -2.29. The van der Waals surface area contributed by atoms with E-state index in [0.29, 0.717) is 0 Å². The monoisotopic (exact) mass is 956 g/mol. The quantitative estimate of drug-likeness (QED) is 0.0717. The molecule has 6 aromatic carbocycles. The van der Waals surface area contributed by atoms with Gasteiger partial charge in [-0.2, -0.15) is 0 Å². The van der Waals surface area contributed by atoms with E-state index in [9.17, 15) is 105 Å². The third-order valence-electron chi connectivity index (χ3n) is 7.49. The number of halogens is 24. The summed E-state index contributed by atoms with van der Waals surface area (Å²) >= 11 is 0. The molecule has 0 aliphatic heterocycles. The Morgan fingerprint density at radius 3 is 0.375 bits per heavy atom. The van der Waals surface area contributed by atoms with Crippen molar-refractivity contribution in [2.75, 3.05) is 0 Å². The lowest BCUT2D eigenvalue weighted by atomic mass is 10.0. The van der Waals surface area contributed by atoms with Gasteiger partial charge in [-0.1, -0.05) is 0 Å². The average Bonchev–Trinajstić information content (AvgIpc) is 3.24. The predicted octanol–water partition coefficient (Wildman–Crippen LogP) is 11.3. The standard InChI is InChI=1S/3C12H2F8.BH3O3/c3*13-5-1-3(7(15)11(19)9(5)17)4-2-6(14)10(18)12(20)8(4)16;2-1(3)4/h3*1-2H;2-4H. The lowest BCUT2D eigenvalue weighted by Crippen LogP contribution is -2.07. The molecule has 0 saturated heterocycles. The second-order valence-electron chi connectivity index (χ2n) is 11.4. The molecule has 342 valence electrons. The first-order chi connectivity index (χ1) is 29.5. The van der Waals surface area contributed by atoms with Crippen LogP contribution in [-0.2, 0) is 0 Å². The van der Waals surface area contributed by atoms with Crippen LogP contribution in [0.3, 0.4) is 0 Å². The lowest BCUT2D eigenvalue weighted by molar-refractivity contribution is 0.278. The SMILES string of the molecule is Fc1cc(-c2cc(F)c(F)c(F)c2F)c(F)c(F)c1F.Fc1cc(-c2cc(F)c(F)c(F)c2F)c(F)c(F)c1F.Fc1cc(-c2cc(F)c(F)c(F)c2F)c(F)c(F)c1F.OB(O)O. The maximum Gasteiger partial charge on any atom is 0.631 e. The van der Waals surface area contributed by atoms with Gasteiger partial charge in [0.2, 0.25) is 0 Å². The van der Waals surface area contributed by atoms with Crippen LogP contribution in [0, 0.1) is 140 Å². The zero-order chi connectivity index (χ0) is 49.1. The molecule has 3 nitrogen and oxygen atoms in total. The van der Waals surface area contributed by atoms with E-state index in [1.807, 2.05) is 0 Å². The Bertz CT molecular complexity index is 2300. The van der Waals surface area contributed by atoms with Crippen molar-refractivity contribution in [2.45, 2.75) is 0 Å². The molecule has 6 aromatic rings. The van der Waals surface area contributed by atoms with Crippen molar-refractivity contribution in [3.63, 3.8) is 0 Å². The van der Waals surface area contributed by atoms with Gasteiger partial charge < -0.3 is 15.1 Å². The fourth-order valence-corrected chi connectivity index (χ4v) is 4.61. The van der Waals surface area contributed by atoms with Gasteiger partial charge in [0.1, 0.15) is 0 Å². The Morgan fingerprint density at radius 1 is 0.188 bits per heavy atom. The molecule has 3 N–H and O–H groups in total. The van der Waals surface area contributed by atoms with Crippen LogP contribution >= 0.6 is 0 Å². The molecule has 0 bridgehead atoms. The summed E-state index contributed by atoms with van der Waals surface area (Å²) in [5.74, 6) is -50.5. The van der Waals surface area contributed by atoms with Crippen LogP contribution in [0.2, 0.25) is 0 Å². The van der Waals surface area contributed by atoms with Crippen LogP contribution in [0.15, 0.2) is 36.4 Å². The molecule has 0 fully saturated rings. The van der Waals surface area contributed by atoms with Crippen molar-refractivity contribution in [3.05, 3.63) is 176 Å². The van der Waals surface area contributed by atoms with Crippen molar-refractivity contribution in [3.8, 4) is 33.4 Å². The number of hydrogen-bond donors (Lipinski definition) is 3. The van der Waals surface area contributed by atoms with E-state index in [0.717, 1.165) is 0 Å². The Hall–Kier alpha value is -6.42. The molecule has 6 rings (SSSR count). The van der Waals surface area contributed by atoms with Crippen LogP contribution in [0.5, 0.6) is 0 Å². The summed E-state index contributed by atoms with van der Waals surface area (Å²) in [6.45, 7) is 0. The molecule has 0 aliphatic carbocycles. The van der Waals surface area contributed by atoms with Crippen LogP contribution in [0.4, 0.5) is 105 Å². The van der Waals surface area contributed by atoms with Gasteiger partial charge in [-0.05, 0) is 36.4 Å². The normalized spacial score (nSPS) is 10.7. The molecule has 0 aliphatic rings. The van der Waals surface area contributed by atoms with E-state index in [1.165, 1.54) is 0 Å². The van der Waals surface area contributed by atoms with Gasteiger partial charge in [0.05, 0.1) is 0 Å². The van der Waals surface area contributed by atoms with Gasteiger partial charge in [0.15, 0.2) is 140 Å². The van der Waals surface area contributed by atoms with E-state index in [2.05, 4.69) is 0 Å². The Kier molecular flexibility index (Phi) is 16.5. The number of benzene rings is 6. The second kappa shape index (κ2) is 20.4. The van der Waals surface area contributed by atoms with Crippen molar-refractivity contribution in [1.82, 2.24) is 0 Å². The minimum Gasteiger partial charge on any atom is -0.402 e. The first-order valence-corrected chi connectivity index (χ1v) is 15.5. The van der Waals surface area contributed by atoms with Crippen LogP contribution in [-0.4, -0.2) is 22.4 Å². The highest BCUT2D eigenvalue weighted by molar-refractivity contribution is 6.30. The third kappa shape index (κ3) is 10.5. The van der Waals surface area contributed by atoms with Crippen LogP contribution < -0.4 is 0 Å². The zero-order valence-electron chi connectivity index (χ0n) is 29.5. The Balaban J connectivity index is 0.000000244. The molecule has 0 unspecified atom stereocenters. The van der Waals surface area contributed by atoms with Gasteiger partial charge in [-0.15, -0.1) is 0 Å². The Morgan fingerprint density at radius 2 is 0.281 bits per heavy atom. The molecule has 64 heavy (non-hydrogen) atoms. The summed E-state index contributed by atoms with van der Waals surface area (Å²) in [5.41, 5.74) is -7.68. The highest BCUT2D eigenvalue weighted by atomic mass is 19.2. The van der Waals surface area contributed by atoms with E-state index in [1.54, 1.807) is 0 Å². The smallest absolute Gasteiger partial charge is 0.402 e. The summed E-state index contributed by atoms with van der Waals surface area (Å²) in [7, 11) is -2.17. The summed E-state index contributed by atoms with van der Waals surface area (Å²) in [5, 5.41) is 21.5. The van der Waals surface area contributed by atoms with Crippen LogP contribution in [0.1, 0.15) is 0 Å². The zero-order valence-corrected chi connectivity index (χ0v) is 29.5. The lowest BCUT2D eigenvalue weighted by Gasteiger charge is -2.09. The molecule has 28 heteroatoms. The highest BCUT2D eigenvalue weighted by Crippen LogP contribution is 2.35. The van der Waals surface area contributed by atoms with Crippen LogP contribution in [0.25, 0.3) is 33.4 Å². The fraction of sp³-hybridized carbons (Fsp3) is 0. The predicted molar refractivity (Wildman–Crippen MR) is 167 cm³/mol. The van der Waals surface area contributed by atoms with E-state index in [-0.39, 0.29) is 36.4 Å². The minimum absolute atomic E-state index is 0.00292. The molecule has 0 radical (unpaired) electrons. The fourth-order valence-electron chi connectivity index (χ4n) is 4.61. The molecular weight excluding hydrogens is 947 g/mol. The molecule has 0 spiro atoms. The second-order valence-corrected chi connectivity index (χ2v) is 11.4. The van der Waals surface area contributed by atoms with E-state index < -0.39 is 180 Å². The Labute approximate surface area is 337 Å². The summed E-state index contributed by atoms with van der Waals surface area (Å²) in [4.78, 5) is 0. The van der Waals surface area contributed by atoms with Gasteiger partial charge in [0.25, 0.3) is 0 Å². The van der Waals surface area contributed by atoms with Crippen molar-refractivity contribution in [2.24, 2.45) is 0 Å². The summed E-state index contributed by atoms with van der Waals surface area (Å²) in [6.07, 6.45) is 0. The molecular formula is C36H9BF24O3. The largest absolute Gasteiger partial charge is 0.631 e. The molecule has 0 saturated carbocycles. The van der Waals surface area contributed by atoms with Gasteiger partial charge in [-0.25, -0.2) is 105 Å². The maximum absolute atomic E-state index is 13.4.